The molecule has 0 saturated heterocycles. The molecule has 20 nitrogen and oxygen atoms in total. The number of rotatable bonds is 41. The molecule has 98 heavy (non-hydrogen) atoms. The van der Waals surface area contributed by atoms with E-state index < -0.39 is 65.1 Å². The van der Waals surface area contributed by atoms with Crippen LogP contribution >= 0.6 is 164 Å². The molecule has 0 spiro atoms. The molecule has 0 amide bonds. The third kappa shape index (κ3) is 93.3. The van der Waals surface area contributed by atoms with E-state index in [0.717, 1.165) is 160 Å². The van der Waals surface area contributed by atoms with E-state index in [1.807, 2.05) is 36.4 Å². The number of unbranched alkanes of at least 4 members (excludes halogenated alkanes) is 12. The lowest BCUT2D eigenvalue weighted by atomic mass is 9.98. The number of hydrogen-bond acceptors (Lipinski definition) is 10. The lowest BCUT2D eigenvalue weighted by Crippen LogP contribution is -2.24. The van der Waals surface area contributed by atoms with Gasteiger partial charge < -0.3 is 51.1 Å². The summed E-state index contributed by atoms with van der Waals surface area (Å²) in [4.78, 5) is 101. The number of carboxylic acids is 10. The summed E-state index contributed by atoms with van der Waals surface area (Å²) in [5.74, 6) is -6.37. The Morgan fingerprint density at radius 2 is 0.622 bits per heavy atom. The molecular formula is C68H102Br6Cl2I2O20. The quantitative estimate of drug-likeness (QED) is 0.0143. The molecule has 0 aromatic heterocycles. The number of carboxylic acid groups (broad SMARTS) is 10. The second-order valence-electron chi connectivity index (χ2n) is 21.1. The summed E-state index contributed by atoms with van der Waals surface area (Å²) < 4.78 is 2.07. The van der Waals surface area contributed by atoms with Gasteiger partial charge in [-0.2, -0.15) is 0 Å². The van der Waals surface area contributed by atoms with Crippen molar-refractivity contribution in [1.29, 1.82) is 0 Å². The highest BCUT2D eigenvalue weighted by Crippen LogP contribution is 2.17. The van der Waals surface area contributed by atoms with Crippen LogP contribution in [0.1, 0.15) is 211 Å². The van der Waals surface area contributed by atoms with Crippen LogP contribution in [0, 0.1) is 5.41 Å². The Morgan fingerprint density at radius 3 is 0.867 bits per heavy atom. The maximum absolute atomic E-state index is 10.5. The van der Waals surface area contributed by atoms with Crippen LogP contribution in [0.3, 0.4) is 0 Å². The van der Waals surface area contributed by atoms with Gasteiger partial charge in [-0.25, -0.2) is 9.59 Å². The molecule has 0 aliphatic rings. The van der Waals surface area contributed by atoms with Gasteiger partial charge in [-0.1, -0.05) is 234 Å². The number of benzene rings is 3. The van der Waals surface area contributed by atoms with Gasteiger partial charge in [0, 0.05) is 86.7 Å². The van der Waals surface area contributed by atoms with E-state index in [9.17, 15) is 47.9 Å². The minimum absolute atomic E-state index is 0.0998. The van der Waals surface area contributed by atoms with Crippen molar-refractivity contribution in [2.24, 2.45) is 5.41 Å². The maximum atomic E-state index is 10.5. The number of carbonyl (C=O) groups is 10. The zero-order valence-corrected chi connectivity index (χ0v) is 71.3. The molecule has 3 aromatic carbocycles. The summed E-state index contributed by atoms with van der Waals surface area (Å²) in [6, 6.07) is 21.2. The smallest absolute Gasteiger partial charge is 0.335 e. The minimum Gasteiger partial charge on any atom is -0.481 e. The molecule has 0 unspecified atom stereocenters. The van der Waals surface area contributed by atoms with E-state index in [0.29, 0.717) is 66.7 Å². The summed E-state index contributed by atoms with van der Waals surface area (Å²) >= 11 is 34.9. The highest BCUT2D eigenvalue weighted by Gasteiger charge is 2.24. The van der Waals surface area contributed by atoms with Crippen LogP contribution in [0.5, 0.6) is 0 Å². The monoisotopic (exact) mass is 2040 g/mol. The van der Waals surface area contributed by atoms with Gasteiger partial charge in [0.1, 0.15) is 0 Å². The minimum atomic E-state index is -0.896. The molecule has 564 valence electrons. The molecule has 0 radical (unpaired) electrons. The molecule has 0 aliphatic heterocycles. The van der Waals surface area contributed by atoms with Gasteiger partial charge in [0.05, 0.1) is 23.0 Å². The van der Waals surface area contributed by atoms with Gasteiger partial charge in [0.2, 0.25) is 0 Å². The second-order valence-corrected chi connectivity index (χ2v) is 28.3. The fraction of sp³-hybridized carbons (Fsp3) is 0.588. The molecule has 30 heteroatoms. The first kappa shape index (κ1) is 109. The van der Waals surface area contributed by atoms with E-state index >= 15 is 0 Å². The first-order chi connectivity index (χ1) is 46.3. The molecule has 0 aliphatic carbocycles. The Balaban J connectivity index is -0.000000189. The lowest BCUT2D eigenvalue weighted by molar-refractivity contribution is -0.145. The standard InChI is InChI=1S/2C9H9BrO2.C9H9ClO2.C8H15BrO2.C7H13BrO2.C6H11BrO2.C6H11IO2.C5H9BrO2.C5H9ClO2.C4H7IO2/c10-6-8-3-1-7(2-4-8)5-9(11)12;2*10-6-5-7-1-3-8(4-2-7)9(11)12;9-7-5-3-1-2-4-6-8(10)11;8-6-4-2-1-3-5-7(9)10;2*7-5-3-1-2-4-6(8)9;1-5(2,3-6)4(7)8;6-4-2-1-3-5(7)8;5-3-1-2-4(6)7/h3*1-4H,5-6H2,(H,11,12);1-7H2,(H,10,11);1-6H2,(H,9,10);2*1-5H2,(H,8,9);3H2,1-2H3,(H,7,8);1-4H2,(H,7,8);1-3H2,(H,6,7). The predicted octanol–water partition coefficient (Wildman–Crippen LogP) is 20.3. The number of aryl methyl sites for hydroxylation is 2. The van der Waals surface area contributed by atoms with Crippen LogP contribution in [0.4, 0.5) is 0 Å². The van der Waals surface area contributed by atoms with Gasteiger partial charge in [0.15, 0.2) is 0 Å². The average molecular weight is 2040 g/mol. The highest BCUT2D eigenvalue weighted by atomic mass is 127. The largest absolute Gasteiger partial charge is 0.481 e. The topological polar surface area (TPSA) is 373 Å². The maximum Gasteiger partial charge on any atom is 0.335 e. The summed E-state index contributed by atoms with van der Waals surface area (Å²) in [6.45, 7) is 3.34. The van der Waals surface area contributed by atoms with Crippen LogP contribution in [-0.4, -0.2) is 158 Å². The van der Waals surface area contributed by atoms with E-state index in [-0.39, 0.29) is 12.8 Å². The summed E-state index contributed by atoms with van der Waals surface area (Å²) in [7, 11) is 0. The molecule has 10 N–H and O–H groups in total. The predicted molar refractivity (Wildman–Crippen MR) is 431 cm³/mol. The zero-order valence-electron chi connectivity index (χ0n) is 55.9. The van der Waals surface area contributed by atoms with Gasteiger partial charge in [-0.05, 0) is 148 Å². The Kier molecular flexibility index (Phi) is 90.5. The number of aromatic carboxylic acids is 2. The van der Waals surface area contributed by atoms with Crippen LogP contribution in [0.15, 0.2) is 72.8 Å². The Morgan fingerprint density at radius 1 is 0.337 bits per heavy atom. The molecule has 0 fully saturated rings. The van der Waals surface area contributed by atoms with E-state index in [2.05, 4.69) is 141 Å². The third-order valence-electron chi connectivity index (χ3n) is 11.8. The Bertz CT molecular complexity index is 2390. The number of hydrogen-bond donors (Lipinski definition) is 10. The lowest BCUT2D eigenvalue weighted by Gasteiger charge is -2.13. The van der Waals surface area contributed by atoms with E-state index in [1.165, 1.54) is 19.3 Å². The third-order valence-corrected chi connectivity index (χ3v) is 17.9. The summed E-state index contributed by atoms with van der Waals surface area (Å²) in [5, 5.41) is 88.5. The fourth-order valence-electron chi connectivity index (χ4n) is 6.13. The van der Waals surface area contributed by atoms with Crippen molar-refractivity contribution in [3.05, 3.63) is 106 Å². The van der Waals surface area contributed by atoms with Gasteiger partial charge >= 0.3 is 59.7 Å². The summed E-state index contributed by atoms with van der Waals surface area (Å²) in [6.07, 6.45) is 21.5. The first-order valence-corrected chi connectivity index (χ1v) is 42.3. The molecule has 3 aromatic rings. The average Bonchev–Trinajstić information content (AvgIpc) is 0.961. The van der Waals surface area contributed by atoms with Crippen molar-refractivity contribution in [2.75, 3.05) is 47.3 Å². The zero-order chi connectivity index (χ0) is 76.4. The van der Waals surface area contributed by atoms with E-state index in [1.54, 1.807) is 50.2 Å². The van der Waals surface area contributed by atoms with Gasteiger partial charge in [-0.3, -0.25) is 38.4 Å². The molecule has 0 saturated carbocycles. The van der Waals surface area contributed by atoms with Crippen molar-refractivity contribution in [3.63, 3.8) is 0 Å². The van der Waals surface area contributed by atoms with Crippen molar-refractivity contribution >= 4 is 224 Å². The normalized spacial score (nSPS) is 9.71. The van der Waals surface area contributed by atoms with Crippen molar-refractivity contribution < 1.29 is 99.0 Å². The SMILES string of the molecule is CC(C)(CBr)C(=O)O.O=C(O)CCCCCBr.O=C(O)CCCCCCBr.O=C(O)CCCCCCCBr.O=C(O)CCCCCI.O=C(O)CCCCCl.O=C(O)CCCI.O=C(O)Cc1ccc(CBr)cc1.O=C(O)c1ccc(CCBr)cc1.O=C(O)c1ccc(CCCl)cc1. The summed E-state index contributed by atoms with van der Waals surface area (Å²) in [5.41, 5.74) is 4.24. The number of aliphatic carboxylic acids is 8. The molecule has 0 atom stereocenters. The Hall–Kier alpha value is -2.72. The van der Waals surface area contributed by atoms with Crippen LogP contribution in [0.2, 0.25) is 0 Å². The second kappa shape index (κ2) is 81.6. The van der Waals surface area contributed by atoms with Crippen LogP contribution in [-0.2, 0) is 62.9 Å². The highest BCUT2D eigenvalue weighted by molar-refractivity contribution is 14.1. The van der Waals surface area contributed by atoms with Crippen molar-refractivity contribution in [2.45, 2.75) is 193 Å². The van der Waals surface area contributed by atoms with E-state index in [4.69, 9.17) is 74.3 Å². The molecule has 0 bridgehead atoms. The van der Waals surface area contributed by atoms with Crippen LogP contribution in [0.25, 0.3) is 0 Å². The molecular weight excluding hydrogens is 1940 g/mol. The van der Waals surface area contributed by atoms with Gasteiger partial charge in [-0.15, -0.1) is 23.2 Å². The van der Waals surface area contributed by atoms with Crippen molar-refractivity contribution in [3.8, 4) is 0 Å². The Labute approximate surface area is 667 Å². The van der Waals surface area contributed by atoms with Crippen LogP contribution < -0.4 is 0 Å². The number of alkyl halides is 10. The molecule has 0 heterocycles. The number of halogens is 10. The van der Waals surface area contributed by atoms with Gasteiger partial charge in [0.25, 0.3) is 0 Å². The first-order valence-electron chi connectivity index (χ1n) is 31.4. The fourth-order valence-corrected chi connectivity index (χ4v) is 9.72. The molecule has 3 rings (SSSR count). The van der Waals surface area contributed by atoms with Crippen molar-refractivity contribution in [1.82, 2.24) is 0 Å².